The molecule has 2 aliphatic carbocycles. The van der Waals surface area contributed by atoms with Gasteiger partial charge in [-0.3, -0.25) is 0 Å². The molecule has 4 unspecified atom stereocenters. The maximum absolute atomic E-state index is 2.97. The highest BCUT2D eigenvalue weighted by molar-refractivity contribution is 7.03. The lowest BCUT2D eigenvalue weighted by Crippen LogP contribution is -2.69. The second-order valence-corrected chi connectivity index (χ2v) is 19.1. The largest absolute Gasteiger partial charge is 0.344 e. The molecule has 4 atom stereocenters. The minimum Gasteiger partial charge on any atom is -0.344 e. The lowest BCUT2D eigenvalue weighted by Gasteiger charge is -2.57. The minimum atomic E-state index is -0.0304. The molecule has 0 aromatic heterocycles. The molecule has 266 valence electrons. The van der Waals surface area contributed by atoms with E-state index in [9.17, 15) is 0 Å². The number of rotatable bonds is 0. The first-order valence-electron chi connectivity index (χ1n) is 20.9. The van der Waals surface area contributed by atoms with Gasteiger partial charge in [0, 0.05) is 47.7 Å². The van der Waals surface area contributed by atoms with Gasteiger partial charge in [0.15, 0.2) is 0 Å². The van der Waals surface area contributed by atoms with E-state index in [1.807, 2.05) is 0 Å². The maximum atomic E-state index is 2.97. The summed E-state index contributed by atoms with van der Waals surface area (Å²) in [4.78, 5) is 11.2. The van der Waals surface area contributed by atoms with E-state index in [1.54, 1.807) is 11.1 Å². The van der Waals surface area contributed by atoms with Gasteiger partial charge in [-0.15, -0.1) is 0 Å². The van der Waals surface area contributed by atoms with Gasteiger partial charge in [-0.1, -0.05) is 112 Å². The SMILES string of the molecule is CN1c2ccccc2B2c3cccc4c3N(c3c2c1c1c2c3N(C)c3ccccc3B2c2cccc3c2N1C1(C)CCCCC31C)C1(C)CCCCC41C. The number of hydrogen-bond acceptors (Lipinski definition) is 4. The molecule has 5 aromatic rings. The summed E-state index contributed by atoms with van der Waals surface area (Å²) in [5.74, 6) is 0. The molecule has 0 saturated heterocycles. The van der Waals surface area contributed by atoms with Gasteiger partial charge in [-0.05, 0) is 95.6 Å². The molecule has 0 spiro atoms. The van der Waals surface area contributed by atoms with E-state index in [-0.39, 0.29) is 35.3 Å². The lowest BCUT2D eigenvalue weighted by molar-refractivity contribution is 0.194. The van der Waals surface area contributed by atoms with Crippen LogP contribution in [0.1, 0.15) is 90.2 Å². The average molecular weight is 703 g/mol. The molecule has 13 rings (SSSR count). The topological polar surface area (TPSA) is 13.0 Å². The fourth-order valence-corrected chi connectivity index (χ4v) is 14.4. The van der Waals surface area contributed by atoms with Gasteiger partial charge in [0.2, 0.25) is 0 Å². The molecule has 2 fully saturated rings. The van der Waals surface area contributed by atoms with Crippen LogP contribution in [0.25, 0.3) is 0 Å². The number of hydrogen-bond donors (Lipinski definition) is 0. The molecule has 6 heterocycles. The molecular formula is C48H48B2N4. The zero-order valence-corrected chi connectivity index (χ0v) is 32.7. The summed E-state index contributed by atoms with van der Waals surface area (Å²) in [5, 5.41) is 0. The second-order valence-electron chi connectivity index (χ2n) is 19.1. The molecule has 8 aliphatic rings. The summed E-state index contributed by atoms with van der Waals surface area (Å²) >= 11 is 0. The smallest absolute Gasteiger partial charge is 0.252 e. The van der Waals surface area contributed by atoms with Crippen LogP contribution in [0.4, 0.5) is 45.5 Å². The molecule has 4 nitrogen and oxygen atoms in total. The summed E-state index contributed by atoms with van der Waals surface area (Å²) in [6, 6.07) is 33.6. The van der Waals surface area contributed by atoms with E-state index in [0.717, 1.165) is 0 Å². The van der Waals surface area contributed by atoms with Crippen molar-refractivity contribution < 1.29 is 0 Å². The van der Waals surface area contributed by atoms with Crippen molar-refractivity contribution in [2.45, 2.75) is 101 Å². The third-order valence-electron chi connectivity index (χ3n) is 17.3. The fraction of sp³-hybridized carbons (Fsp3) is 0.375. The number of benzene rings is 5. The van der Waals surface area contributed by atoms with Gasteiger partial charge < -0.3 is 19.6 Å². The van der Waals surface area contributed by atoms with E-state index in [1.165, 1.54) is 130 Å². The molecule has 6 aliphatic heterocycles. The van der Waals surface area contributed by atoms with E-state index in [4.69, 9.17) is 0 Å². The van der Waals surface area contributed by atoms with Gasteiger partial charge in [-0.2, -0.15) is 0 Å². The average Bonchev–Trinajstić information content (AvgIpc) is 3.53. The number of para-hydroxylation sites is 4. The number of nitrogens with zero attached hydrogens (tertiary/aromatic N) is 4. The Morgan fingerprint density at radius 2 is 0.815 bits per heavy atom. The van der Waals surface area contributed by atoms with Crippen LogP contribution in [0.5, 0.6) is 0 Å². The van der Waals surface area contributed by atoms with Crippen molar-refractivity contribution in [3.63, 3.8) is 0 Å². The maximum Gasteiger partial charge on any atom is 0.252 e. The van der Waals surface area contributed by atoms with Crippen LogP contribution >= 0.6 is 0 Å². The molecule has 2 saturated carbocycles. The van der Waals surface area contributed by atoms with E-state index in [0.29, 0.717) is 0 Å². The Kier molecular flexibility index (Phi) is 5.37. The first kappa shape index (κ1) is 30.7. The van der Waals surface area contributed by atoms with E-state index < -0.39 is 0 Å². The molecule has 0 N–H and O–H groups in total. The quantitative estimate of drug-likeness (QED) is 0.161. The molecule has 0 bridgehead atoms. The van der Waals surface area contributed by atoms with Crippen molar-refractivity contribution >= 4 is 91.7 Å². The van der Waals surface area contributed by atoms with Gasteiger partial charge in [-0.25, -0.2) is 0 Å². The Morgan fingerprint density at radius 3 is 1.26 bits per heavy atom. The van der Waals surface area contributed by atoms with Crippen LogP contribution in [0.3, 0.4) is 0 Å². The monoisotopic (exact) mass is 702 g/mol. The van der Waals surface area contributed by atoms with Crippen LogP contribution in [0, 0.1) is 0 Å². The Bertz CT molecular complexity index is 2400. The van der Waals surface area contributed by atoms with Crippen molar-refractivity contribution in [3.8, 4) is 0 Å². The third-order valence-corrected chi connectivity index (χ3v) is 17.3. The van der Waals surface area contributed by atoms with E-state index in [2.05, 4.69) is 146 Å². The fourth-order valence-electron chi connectivity index (χ4n) is 14.4. The Hall–Kier alpha value is -4.57. The van der Waals surface area contributed by atoms with Crippen molar-refractivity contribution in [1.29, 1.82) is 0 Å². The van der Waals surface area contributed by atoms with E-state index >= 15 is 0 Å². The Labute approximate surface area is 321 Å². The first-order valence-corrected chi connectivity index (χ1v) is 20.9. The number of fused-ring (bicyclic) bond motifs is 16. The van der Waals surface area contributed by atoms with Crippen molar-refractivity contribution in [2.24, 2.45) is 0 Å². The van der Waals surface area contributed by atoms with Crippen LogP contribution < -0.4 is 52.4 Å². The normalized spacial score (nSPS) is 29.5. The summed E-state index contributed by atoms with van der Waals surface area (Å²) < 4.78 is 0. The predicted octanol–water partition coefficient (Wildman–Crippen LogP) is 6.99. The second kappa shape index (κ2) is 9.44. The standard InChI is InChI=1S/C48H48B2N4/c1-45-25-11-13-27-47(45,3)53-39-29(45)17-15-21-33(39)49-31-19-7-9-23-35(31)52(6)42-37(49)43(53)41-38-44(42)54-40-30(46(2)26-12-14-28-48(46,54)4)18-16-22-34(40)50(38)32-20-8-10-24-36(32)51(41)5/h7-10,15-24H,11-14,25-28H2,1-6H3. The zero-order chi connectivity index (χ0) is 36.3. The van der Waals surface area contributed by atoms with Gasteiger partial charge in [0.25, 0.3) is 13.4 Å². The summed E-state index contributed by atoms with van der Waals surface area (Å²) in [7, 11) is 4.79. The van der Waals surface area contributed by atoms with Crippen molar-refractivity contribution in [1.82, 2.24) is 0 Å². The number of anilines is 8. The summed E-state index contributed by atoms with van der Waals surface area (Å²) in [5.41, 5.74) is 23.8. The minimum absolute atomic E-state index is 0.0304. The third kappa shape index (κ3) is 2.97. The molecule has 0 amide bonds. The Morgan fingerprint density at radius 1 is 0.426 bits per heavy atom. The highest BCUT2D eigenvalue weighted by atomic mass is 15.3. The molecule has 54 heavy (non-hydrogen) atoms. The molecule has 5 aromatic carbocycles. The zero-order valence-electron chi connectivity index (χ0n) is 32.7. The highest BCUT2D eigenvalue weighted by Gasteiger charge is 2.66. The first-order chi connectivity index (χ1) is 26.2. The summed E-state index contributed by atoms with van der Waals surface area (Å²) in [6.45, 7) is 10.8. The molecule has 6 heteroatoms. The predicted molar refractivity (Wildman–Crippen MR) is 230 cm³/mol. The van der Waals surface area contributed by atoms with Gasteiger partial charge in [0.05, 0.1) is 33.8 Å². The van der Waals surface area contributed by atoms with Gasteiger partial charge >= 0.3 is 0 Å². The van der Waals surface area contributed by atoms with Gasteiger partial charge in [0.1, 0.15) is 0 Å². The van der Waals surface area contributed by atoms with Crippen LogP contribution in [0.15, 0.2) is 84.9 Å². The van der Waals surface area contributed by atoms with Crippen LogP contribution in [-0.2, 0) is 10.8 Å². The summed E-state index contributed by atoms with van der Waals surface area (Å²) in [6.07, 6.45) is 10.1. The lowest BCUT2D eigenvalue weighted by atomic mass is 9.30. The van der Waals surface area contributed by atoms with Crippen LogP contribution in [-0.4, -0.2) is 38.6 Å². The molecular weight excluding hydrogens is 654 g/mol. The Balaban J connectivity index is 1.26. The van der Waals surface area contributed by atoms with Crippen molar-refractivity contribution in [2.75, 3.05) is 33.7 Å². The highest BCUT2D eigenvalue weighted by Crippen LogP contribution is 2.66. The van der Waals surface area contributed by atoms with Crippen LogP contribution in [0.2, 0.25) is 0 Å². The van der Waals surface area contributed by atoms with Crippen molar-refractivity contribution in [3.05, 3.63) is 96.1 Å². The molecule has 0 radical (unpaired) electrons.